The van der Waals surface area contributed by atoms with Crippen molar-refractivity contribution in [2.24, 2.45) is 23.7 Å². The van der Waals surface area contributed by atoms with Gasteiger partial charge in [0.2, 0.25) is 0 Å². The van der Waals surface area contributed by atoms with Gasteiger partial charge in [0.25, 0.3) is 0 Å². The third-order valence-electron chi connectivity index (χ3n) is 12.7. The van der Waals surface area contributed by atoms with Crippen molar-refractivity contribution in [2.45, 2.75) is 37.5 Å². The summed E-state index contributed by atoms with van der Waals surface area (Å²) >= 11 is 0. The second-order valence-electron chi connectivity index (χ2n) is 15.2. The van der Waals surface area contributed by atoms with Crippen LogP contribution in [0.1, 0.15) is 43.2 Å². The zero-order chi connectivity index (χ0) is 32.8. The fourth-order valence-corrected chi connectivity index (χ4v) is 11.0. The lowest BCUT2D eigenvalue weighted by Crippen LogP contribution is -2.55. The van der Waals surface area contributed by atoms with Crippen LogP contribution in [0.15, 0.2) is 140 Å². The molecule has 12 rings (SSSR count). The molecule has 0 atom stereocenters. The van der Waals surface area contributed by atoms with Gasteiger partial charge in [-0.2, -0.15) is 0 Å². The van der Waals surface area contributed by atoms with E-state index in [4.69, 9.17) is 15.0 Å². The van der Waals surface area contributed by atoms with Gasteiger partial charge in [-0.05, 0) is 106 Å². The van der Waals surface area contributed by atoms with Crippen LogP contribution in [0, 0.1) is 23.7 Å². The van der Waals surface area contributed by atoms with E-state index in [0.29, 0.717) is 23.5 Å². The number of hydrogen-bond acceptors (Lipinski definition) is 3. The van der Waals surface area contributed by atoms with Crippen molar-refractivity contribution in [1.29, 1.82) is 0 Å². The van der Waals surface area contributed by atoms with Gasteiger partial charge in [0.15, 0.2) is 17.5 Å². The van der Waals surface area contributed by atoms with E-state index in [2.05, 4.69) is 133 Å². The molecule has 0 saturated heterocycles. The molecule has 6 aromatic carbocycles. The van der Waals surface area contributed by atoms with Gasteiger partial charge in [-0.15, -0.1) is 0 Å². The normalized spacial score (nSPS) is 24.1. The van der Waals surface area contributed by atoms with Crippen LogP contribution in [0.2, 0.25) is 0 Å². The first kappa shape index (κ1) is 28.4. The number of aromatic nitrogens is 3. The molecule has 7 aromatic rings. The van der Waals surface area contributed by atoms with Gasteiger partial charge >= 0.3 is 0 Å². The average Bonchev–Trinajstić information content (AvgIpc) is 3.48. The van der Waals surface area contributed by atoms with Crippen LogP contribution in [0.5, 0.6) is 0 Å². The van der Waals surface area contributed by atoms with Crippen LogP contribution in [-0.2, 0) is 5.41 Å². The molecule has 0 unspecified atom stereocenters. The summed E-state index contributed by atoms with van der Waals surface area (Å²) in [6.45, 7) is 0. The highest BCUT2D eigenvalue weighted by atomic mass is 15.0. The van der Waals surface area contributed by atoms with Crippen LogP contribution in [0.3, 0.4) is 0 Å². The summed E-state index contributed by atoms with van der Waals surface area (Å²) in [5.74, 6) is 5.31. The molecule has 3 nitrogen and oxygen atoms in total. The van der Waals surface area contributed by atoms with Crippen molar-refractivity contribution < 1.29 is 0 Å². The Bertz CT molecular complexity index is 2400. The fourth-order valence-electron chi connectivity index (χ4n) is 11.0. The monoisotopic (exact) mass is 643 g/mol. The first-order valence-corrected chi connectivity index (χ1v) is 18.4. The number of hydrogen-bond donors (Lipinski definition) is 0. The maximum atomic E-state index is 5.33. The Hall–Kier alpha value is -5.41. The van der Waals surface area contributed by atoms with Crippen LogP contribution in [0.4, 0.5) is 0 Å². The number of fused-ring (bicyclic) bond motifs is 5. The highest BCUT2D eigenvalue weighted by molar-refractivity contribution is 6.08. The van der Waals surface area contributed by atoms with E-state index in [-0.39, 0.29) is 5.41 Å². The molecule has 5 aliphatic carbocycles. The van der Waals surface area contributed by atoms with Gasteiger partial charge in [-0.3, -0.25) is 0 Å². The van der Waals surface area contributed by atoms with Gasteiger partial charge in [0, 0.05) is 22.1 Å². The number of benzene rings is 6. The first-order chi connectivity index (χ1) is 24.7. The summed E-state index contributed by atoms with van der Waals surface area (Å²) in [5, 5.41) is 2.52. The van der Waals surface area contributed by atoms with Gasteiger partial charge in [0.1, 0.15) is 0 Å². The van der Waals surface area contributed by atoms with Crippen molar-refractivity contribution in [3.63, 3.8) is 0 Å². The average molecular weight is 644 g/mol. The Balaban J connectivity index is 1.15. The molecule has 240 valence electrons. The zero-order valence-corrected chi connectivity index (χ0v) is 28.0. The van der Waals surface area contributed by atoms with E-state index >= 15 is 0 Å². The molecule has 4 saturated carbocycles. The molecular formula is C47H37N3. The molecule has 4 bridgehead atoms. The quantitative estimate of drug-likeness (QED) is 0.192. The summed E-state index contributed by atoms with van der Waals surface area (Å²) in [5.41, 5.74) is 11.5. The maximum Gasteiger partial charge on any atom is 0.164 e. The molecule has 50 heavy (non-hydrogen) atoms. The Morgan fingerprint density at radius 2 is 0.900 bits per heavy atom. The van der Waals surface area contributed by atoms with E-state index in [1.54, 1.807) is 5.56 Å². The Morgan fingerprint density at radius 1 is 0.400 bits per heavy atom. The lowest BCUT2D eigenvalue weighted by atomic mass is 9.43. The minimum atomic E-state index is 0.0590. The highest BCUT2D eigenvalue weighted by Gasteiger charge is 2.61. The molecule has 0 aliphatic heterocycles. The van der Waals surface area contributed by atoms with Crippen molar-refractivity contribution in [3.8, 4) is 56.4 Å². The summed E-state index contributed by atoms with van der Waals surface area (Å²) in [7, 11) is 0. The molecule has 0 amide bonds. The Labute approximate surface area is 293 Å². The zero-order valence-electron chi connectivity index (χ0n) is 28.0. The standard InChI is InChI=1S/C47H37N3/c1-3-11-31(12-4-1)32-19-21-34(22-20-32)45-48-44(33-13-5-2-6-14-33)49-46(50-45)40-28-42-43(38-16-8-7-15-37(38)40)39-17-9-10-18-41(39)47(42)35-24-29-23-30(26-35)27-36(47)25-29/h1-22,28-30,35-36H,23-27H2. The topological polar surface area (TPSA) is 38.7 Å². The molecule has 1 aromatic heterocycles. The lowest BCUT2D eigenvalue weighted by Gasteiger charge is -2.61. The van der Waals surface area contributed by atoms with E-state index in [0.717, 1.165) is 34.4 Å². The molecule has 1 spiro atoms. The van der Waals surface area contributed by atoms with E-state index in [1.807, 2.05) is 6.07 Å². The second kappa shape index (κ2) is 10.8. The van der Waals surface area contributed by atoms with E-state index < -0.39 is 0 Å². The van der Waals surface area contributed by atoms with Crippen LogP contribution >= 0.6 is 0 Å². The second-order valence-corrected chi connectivity index (χ2v) is 15.2. The van der Waals surface area contributed by atoms with Crippen LogP contribution in [0.25, 0.3) is 67.2 Å². The van der Waals surface area contributed by atoms with Crippen LogP contribution < -0.4 is 0 Å². The highest BCUT2D eigenvalue weighted by Crippen LogP contribution is 2.70. The van der Waals surface area contributed by atoms with E-state index in [9.17, 15) is 0 Å². The van der Waals surface area contributed by atoms with Gasteiger partial charge in [-0.1, -0.05) is 133 Å². The molecule has 0 N–H and O–H groups in total. The fraction of sp³-hybridized carbons (Fsp3) is 0.213. The third-order valence-corrected chi connectivity index (χ3v) is 12.7. The van der Waals surface area contributed by atoms with Crippen molar-refractivity contribution >= 4 is 10.8 Å². The van der Waals surface area contributed by atoms with E-state index in [1.165, 1.54) is 70.7 Å². The van der Waals surface area contributed by atoms with Crippen molar-refractivity contribution in [3.05, 3.63) is 151 Å². The Kier molecular flexibility index (Phi) is 6.14. The van der Waals surface area contributed by atoms with Crippen molar-refractivity contribution in [2.75, 3.05) is 0 Å². The lowest BCUT2D eigenvalue weighted by molar-refractivity contribution is -0.0399. The summed E-state index contributed by atoms with van der Waals surface area (Å²) in [6, 6.07) is 50.5. The molecule has 5 aliphatic rings. The van der Waals surface area contributed by atoms with Crippen LogP contribution in [-0.4, -0.2) is 15.0 Å². The molecule has 3 heteroatoms. The smallest absolute Gasteiger partial charge is 0.164 e. The molecular weight excluding hydrogens is 607 g/mol. The largest absolute Gasteiger partial charge is 0.208 e. The van der Waals surface area contributed by atoms with Gasteiger partial charge in [0.05, 0.1) is 0 Å². The first-order valence-electron chi connectivity index (χ1n) is 18.4. The van der Waals surface area contributed by atoms with Crippen molar-refractivity contribution in [1.82, 2.24) is 15.0 Å². The molecule has 0 radical (unpaired) electrons. The molecule has 4 fully saturated rings. The summed E-state index contributed by atoms with van der Waals surface area (Å²) in [6.07, 6.45) is 6.88. The van der Waals surface area contributed by atoms with Gasteiger partial charge < -0.3 is 0 Å². The molecule has 1 heterocycles. The maximum absolute atomic E-state index is 5.33. The predicted octanol–water partition coefficient (Wildman–Crippen LogP) is 11.4. The number of rotatable bonds is 4. The summed E-state index contributed by atoms with van der Waals surface area (Å²) in [4.78, 5) is 15.7. The Morgan fingerprint density at radius 3 is 1.58 bits per heavy atom. The number of nitrogens with zero attached hydrogens (tertiary/aromatic N) is 3. The third kappa shape index (κ3) is 4.07. The summed E-state index contributed by atoms with van der Waals surface area (Å²) < 4.78 is 0. The van der Waals surface area contributed by atoms with Gasteiger partial charge in [-0.25, -0.2) is 15.0 Å². The minimum absolute atomic E-state index is 0.0590. The SMILES string of the molecule is c1ccc(-c2ccc(-c3nc(-c4ccccc4)nc(-c4cc5c(c6ccccc46)-c4ccccc4C54C5CC6CC(C5)CC4C6)n3)cc2)cc1. The minimum Gasteiger partial charge on any atom is -0.208 e. The predicted molar refractivity (Wildman–Crippen MR) is 202 cm³/mol.